The van der Waals surface area contributed by atoms with Crippen molar-refractivity contribution in [2.75, 3.05) is 24.2 Å². The summed E-state index contributed by atoms with van der Waals surface area (Å²) in [6.07, 6.45) is 0. The number of hydrogen-bond donors (Lipinski definition) is 3. The van der Waals surface area contributed by atoms with Crippen molar-refractivity contribution in [3.05, 3.63) is 53.6 Å². The minimum atomic E-state index is -0.978. The Balaban J connectivity index is 1.88. The zero-order chi connectivity index (χ0) is 15.2. The van der Waals surface area contributed by atoms with E-state index in [0.29, 0.717) is 24.5 Å². The molecule has 4 N–H and O–H groups in total. The van der Waals surface area contributed by atoms with Crippen LogP contribution >= 0.6 is 0 Å². The van der Waals surface area contributed by atoms with Crippen LogP contribution in [-0.2, 0) is 0 Å². The summed E-state index contributed by atoms with van der Waals surface area (Å²) in [5.41, 5.74) is 8.25. The van der Waals surface area contributed by atoms with E-state index in [0.717, 1.165) is 11.3 Å². The van der Waals surface area contributed by atoms with Crippen molar-refractivity contribution in [3.8, 4) is 5.75 Å². The van der Waals surface area contributed by atoms with E-state index in [-0.39, 0.29) is 5.56 Å². The predicted octanol–water partition coefficient (Wildman–Crippen LogP) is 2.77. The number of ether oxygens (including phenoxy) is 1. The highest BCUT2D eigenvalue weighted by atomic mass is 16.5. The van der Waals surface area contributed by atoms with Gasteiger partial charge >= 0.3 is 5.97 Å². The topological polar surface area (TPSA) is 84.6 Å². The fraction of sp³-hybridized carbons (Fsp3) is 0.188. The van der Waals surface area contributed by atoms with Crippen LogP contribution in [0.25, 0.3) is 0 Å². The van der Waals surface area contributed by atoms with Crippen molar-refractivity contribution in [2.24, 2.45) is 0 Å². The number of carboxylic acids is 1. The zero-order valence-corrected chi connectivity index (χ0v) is 11.8. The molecule has 2 aromatic carbocycles. The Kier molecular flexibility index (Phi) is 4.66. The second-order valence-corrected chi connectivity index (χ2v) is 4.70. The molecule has 0 aromatic heterocycles. The number of rotatable bonds is 6. The van der Waals surface area contributed by atoms with Gasteiger partial charge in [0.2, 0.25) is 0 Å². The summed E-state index contributed by atoms with van der Waals surface area (Å²) >= 11 is 0. The summed E-state index contributed by atoms with van der Waals surface area (Å²) in [6.45, 7) is 2.99. The maximum Gasteiger partial charge on any atom is 0.335 e. The van der Waals surface area contributed by atoms with E-state index in [2.05, 4.69) is 5.32 Å². The van der Waals surface area contributed by atoms with Crippen molar-refractivity contribution in [1.29, 1.82) is 0 Å². The molecular weight excluding hydrogens is 268 g/mol. The molecule has 2 rings (SSSR count). The summed E-state index contributed by atoms with van der Waals surface area (Å²) in [5.74, 6) is -0.168. The van der Waals surface area contributed by atoms with Crippen LogP contribution in [0.15, 0.2) is 42.5 Å². The van der Waals surface area contributed by atoms with Gasteiger partial charge in [-0.15, -0.1) is 0 Å². The SMILES string of the molecule is Cc1cccc(OCCNc2cc(C(=O)O)ccc2N)c1. The van der Waals surface area contributed by atoms with Gasteiger partial charge in [0.05, 0.1) is 16.9 Å². The molecule has 0 saturated heterocycles. The van der Waals surface area contributed by atoms with E-state index >= 15 is 0 Å². The number of aromatic carboxylic acids is 1. The van der Waals surface area contributed by atoms with Gasteiger partial charge in [0.25, 0.3) is 0 Å². The van der Waals surface area contributed by atoms with Gasteiger partial charge in [0, 0.05) is 6.54 Å². The number of nitrogens with two attached hydrogens (primary N) is 1. The summed E-state index contributed by atoms with van der Waals surface area (Å²) in [6, 6.07) is 12.4. The fourth-order valence-corrected chi connectivity index (χ4v) is 1.90. The van der Waals surface area contributed by atoms with Crippen molar-refractivity contribution >= 4 is 17.3 Å². The molecule has 0 amide bonds. The Morgan fingerprint density at radius 1 is 1.29 bits per heavy atom. The number of benzene rings is 2. The van der Waals surface area contributed by atoms with Crippen LogP contribution in [0.5, 0.6) is 5.75 Å². The zero-order valence-electron chi connectivity index (χ0n) is 11.8. The summed E-state index contributed by atoms with van der Waals surface area (Å²) in [5, 5.41) is 12.0. The molecule has 0 saturated carbocycles. The number of aryl methyl sites for hydroxylation is 1. The third-order valence-corrected chi connectivity index (χ3v) is 2.98. The quantitative estimate of drug-likeness (QED) is 0.561. The minimum Gasteiger partial charge on any atom is -0.492 e. The highest BCUT2D eigenvalue weighted by Crippen LogP contribution is 2.20. The molecule has 2 aromatic rings. The Labute approximate surface area is 123 Å². The lowest BCUT2D eigenvalue weighted by Crippen LogP contribution is -2.13. The summed E-state index contributed by atoms with van der Waals surface area (Å²) in [4.78, 5) is 10.9. The lowest BCUT2D eigenvalue weighted by atomic mass is 10.1. The van der Waals surface area contributed by atoms with E-state index in [4.69, 9.17) is 15.6 Å². The van der Waals surface area contributed by atoms with Gasteiger partial charge in [0.1, 0.15) is 12.4 Å². The Bertz CT molecular complexity index is 641. The van der Waals surface area contributed by atoms with Crippen LogP contribution in [0.3, 0.4) is 0 Å². The van der Waals surface area contributed by atoms with E-state index < -0.39 is 5.97 Å². The first kappa shape index (κ1) is 14.7. The smallest absolute Gasteiger partial charge is 0.335 e. The normalized spacial score (nSPS) is 10.1. The Morgan fingerprint density at radius 3 is 2.81 bits per heavy atom. The van der Waals surface area contributed by atoms with Gasteiger partial charge in [-0.3, -0.25) is 0 Å². The molecule has 0 heterocycles. The summed E-state index contributed by atoms with van der Waals surface area (Å²) < 4.78 is 5.61. The highest BCUT2D eigenvalue weighted by Gasteiger charge is 2.06. The molecule has 21 heavy (non-hydrogen) atoms. The number of nitrogen functional groups attached to an aromatic ring is 1. The molecule has 0 spiro atoms. The number of nitrogens with one attached hydrogen (secondary N) is 1. The second-order valence-electron chi connectivity index (χ2n) is 4.70. The molecule has 0 atom stereocenters. The first-order chi connectivity index (χ1) is 10.1. The molecule has 0 aliphatic heterocycles. The van der Waals surface area contributed by atoms with Gasteiger partial charge in [0.15, 0.2) is 0 Å². The van der Waals surface area contributed by atoms with Crippen LogP contribution in [0, 0.1) is 6.92 Å². The monoisotopic (exact) mass is 286 g/mol. The third-order valence-electron chi connectivity index (χ3n) is 2.98. The molecule has 0 bridgehead atoms. The second kappa shape index (κ2) is 6.65. The molecular formula is C16H18N2O3. The van der Waals surface area contributed by atoms with Crippen LogP contribution < -0.4 is 15.8 Å². The molecule has 0 aliphatic rings. The van der Waals surface area contributed by atoms with Crippen LogP contribution in [0.2, 0.25) is 0 Å². The number of anilines is 2. The van der Waals surface area contributed by atoms with E-state index in [9.17, 15) is 4.79 Å². The highest BCUT2D eigenvalue weighted by molar-refractivity contribution is 5.90. The van der Waals surface area contributed by atoms with E-state index in [1.54, 1.807) is 6.07 Å². The van der Waals surface area contributed by atoms with Gasteiger partial charge in [-0.05, 0) is 42.8 Å². The summed E-state index contributed by atoms with van der Waals surface area (Å²) in [7, 11) is 0. The Morgan fingerprint density at radius 2 is 2.10 bits per heavy atom. The molecule has 5 heteroatoms. The van der Waals surface area contributed by atoms with Crippen molar-refractivity contribution in [3.63, 3.8) is 0 Å². The fourth-order valence-electron chi connectivity index (χ4n) is 1.90. The molecule has 0 unspecified atom stereocenters. The maximum absolute atomic E-state index is 10.9. The first-order valence-corrected chi connectivity index (χ1v) is 6.62. The largest absolute Gasteiger partial charge is 0.492 e. The standard InChI is InChI=1S/C16H18N2O3/c1-11-3-2-4-13(9-11)21-8-7-18-15-10-12(16(19)20)5-6-14(15)17/h2-6,9-10,18H,7-8,17H2,1H3,(H,19,20). The maximum atomic E-state index is 10.9. The average Bonchev–Trinajstić information content (AvgIpc) is 2.45. The molecule has 110 valence electrons. The van der Waals surface area contributed by atoms with Crippen molar-refractivity contribution in [2.45, 2.75) is 6.92 Å². The van der Waals surface area contributed by atoms with Crippen molar-refractivity contribution < 1.29 is 14.6 Å². The predicted molar refractivity (Wildman–Crippen MR) is 83.0 cm³/mol. The van der Waals surface area contributed by atoms with Crippen LogP contribution in [0.1, 0.15) is 15.9 Å². The number of carbonyl (C=O) groups is 1. The van der Waals surface area contributed by atoms with Crippen LogP contribution in [0.4, 0.5) is 11.4 Å². The van der Waals surface area contributed by atoms with E-state index in [1.807, 2.05) is 31.2 Å². The van der Waals surface area contributed by atoms with Gasteiger partial charge in [-0.25, -0.2) is 4.79 Å². The van der Waals surface area contributed by atoms with Gasteiger partial charge in [-0.1, -0.05) is 12.1 Å². The number of hydrogen-bond acceptors (Lipinski definition) is 4. The van der Waals surface area contributed by atoms with Crippen LogP contribution in [-0.4, -0.2) is 24.2 Å². The average molecular weight is 286 g/mol. The third kappa shape index (κ3) is 4.14. The molecule has 0 fully saturated rings. The first-order valence-electron chi connectivity index (χ1n) is 6.62. The molecule has 5 nitrogen and oxygen atoms in total. The van der Waals surface area contributed by atoms with Crippen molar-refractivity contribution in [1.82, 2.24) is 0 Å². The molecule has 0 radical (unpaired) electrons. The molecule has 0 aliphatic carbocycles. The number of carboxylic acid groups (broad SMARTS) is 1. The lowest BCUT2D eigenvalue weighted by Gasteiger charge is -2.11. The Hall–Kier alpha value is -2.69. The minimum absolute atomic E-state index is 0.200. The van der Waals surface area contributed by atoms with Gasteiger partial charge in [-0.2, -0.15) is 0 Å². The lowest BCUT2D eigenvalue weighted by molar-refractivity contribution is 0.0697. The van der Waals surface area contributed by atoms with Gasteiger partial charge < -0.3 is 20.9 Å². The van der Waals surface area contributed by atoms with E-state index in [1.165, 1.54) is 12.1 Å².